The summed E-state index contributed by atoms with van der Waals surface area (Å²) >= 11 is 0. The average molecular weight is 262 g/mol. The van der Waals surface area contributed by atoms with Crippen LogP contribution in [0.2, 0.25) is 0 Å². The molecular weight excluding hydrogens is 252 g/mol. The van der Waals surface area contributed by atoms with Crippen LogP contribution < -0.4 is 0 Å². The Labute approximate surface area is 97.0 Å². The number of aliphatic hydroxyl groups is 2. The van der Waals surface area contributed by atoms with Gasteiger partial charge in [0.1, 0.15) is 4.90 Å². The first-order chi connectivity index (χ1) is 7.61. The number of benzene rings is 1. The highest BCUT2D eigenvalue weighted by Gasteiger charge is 2.26. The molecule has 0 saturated carbocycles. The second kappa shape index (κ2) is 4.41. The summed E-state index contributed by atoms with van der Waals surface area (Å²) in [7, 11) is -4.60. The molecule has 0 spiro atoms. The van der Waals surface area contributed by atoms with Gasteiger partial charge in [0.15, 0.2) is 0 Å². The van der Waals surface area contributed by atoms with E-state index in [4.69, 9.17) is 14.8 Å². The first kappa shape index (κ1) is 13.6. The zero-order chi connectivity index (χ0) is 13.3. The lowest BCUT2D eigenvalue weighted by Gasteiger charge is -2.16. The Morgan fingerprint density at radius 3 is 2.29 bits per heavy atom. The number of esters is 1. The lowest BCUT2D eigenvalue weighted by molar-refractivity contribution is -0.294. The van der Waals surface area contributed by atoms with Crippen LogP contribution in [0.15, 0.2) is 29.2 Å². The first-order valence-electron chi connectivity index (χ1n) is 4.36. The number of ether oxygens (including phenoxy) is 1. The van der Waals surface area contributed by atoms with E-state index in [0.29, 0.717) is 0 Å². The minimum atomic E-state index is -4.60. The van der Waals surface area contributed by atoms with Gasteiger partial charge in [-0.25, -0.2) is 4.79 Å². The van der Waals surface area contributed by atoms with Gasteiger partial charge in [-0.2, -0.15) is 8.42 Å². The lowest BCUT2D eigenvalue weighted by atomic mass is 10.2. The summed E-state index contributed by atoms with van der Waals surface area (Å²) in [4.78, 5) is 10.7. The van der Waals surface area contributed by atoms with Crippen LogP contribution in [0.3, 0.4) is 0 Å². The predicted molar refractivity (Wildman–Crippen MR) is 54.5 cm³/mol. The molecule has 0 aliphatic carbocycles. The van der Waals surface area contributed by atoms with E-state index in [2.05, 4.69) is 4.74 Å². The van der Waals surface area contributed by atoms with Crippen molar-refractivity contribution in [2.75, 3.05) is 0 Å². The third kappa shape index (κ3) is 3.79. The molecule has 0 unspecified atom stereocenters. The molecule has 0 aromatic heterocycles. The Morgan fingerprint density at radius 1 is 1.29 bits per heavy atom. The fraction of sp³-hybridized carbons (Fsp3) is 0.222. The number of hydrogen-bond acceptors (Lipinski definition) is 6. The van der Waals surface area contributed by atoms with Crippen molar-refractivity contribution in [3.63, 3.8) is 0 Å². The Hall–Kier alpha value is -1.48. The summed E-state index contributed by atoms with van der Waals surface area (Å²) in [5, 5.41) is 17.7. The number of hydrogen-bond donors (Lipinski definition) is 3. The van der Waals surface area contributed by atoms with Crippen molar-refractivity contribution < 1.29 is 32.7 Å². The van der Waals surface area contributed by atoms with E-state index in [1.807, 2.05) is 0 Å². The zero-order valence-corrected chi connectivity index (χ0v) is 9.51. The van der Waals surface area contributed by atoms with E-state index >= 15 is 0 Å². The van der Waals surface area contributed by atoms with Gasteiger partial charge in [0.25, 0.3) is 10.1 Å². The molecular formula is C9H10O7S. The Kier molecular flexibility index (Phi) is 3.53. The van der Waals surface area contributed by atoms with E-state index < -0.39 is 32.5 Å². The Bertz CT molecular complexity index is 527. The van der Waals surface area contributed by atoms with Crippen molar-refractivity contribution in [2.24, 2.45) is 0 Å². The van der Waals surface area contributed by atoms with Crippen LogP contribution in [-0.2, 0) is 14.9 Å². The zero-order valence-electron chi connectivity index (χ0n) is 8.69. The monoisotopic (exact) mass is 262 g/mol. The molecule has 0 aliphatic rings. The molecule has 17 heavy (non-hydrogen) atoms. The van der Waals surface area contributed by atoms with E-state index in [1.165, 1.54) is 12.1 Å². The fourth-order valence-corrected chi connectivity index (χ4v) is 1.77. The largest absolute Gasteiger partial charge is 0.405 e. The maximum atomic E-state index is 11.4. The SMILES string of the molecule is CC(O)(O)OC(=O)c1ccccc1S(=O)(=O)O. The van der Waals surface area contributed by atoms with Crippen LogP contribution in [0.4, 0.5) is 0 Å². The molecule has 0 aliphatic heterocycles. The molecule has 0 radical (unpaired) electrons. The first-order valence-corrected chi connectivity index (χ1v) is 5.80. The van der Waals surface area contributed by atoms with E-state index in [9.17, 15) is 13.2 Å². The molecule has 0 heterocycles. The van der Waals surface area contributed by atoms with Gasteiger partial charge in [-0.15, -0.1) is 0 Å². The van der Waals surface area contributed by atoms with Crippen molar-refractivity contribution in [3.05, 3.63) is 29.8 Å². The van der Waals surface area contributed by atoms with Gasteiger partial charge in [-0.05, 0) is 12.1 Å². The minimum absolute atomic E-state index is 0.496. The summed E-state index contributed by atoms with van der Waals surface area (Å²) in [5.74, 6) is -4.02. The summed E-state index contributed by atoms with van der Waals surface area (Å²) in [6.07, 6.45) is 0. The topological polar surface area (TPSA) is 121 Å². The number of carbonyl (C=O) groups is 1. The predicted octanol–water partition coefficient (Wildman–Crippen LogP) is -0.252. The van der Waals surface area contributed by atoms with Gasteiger partial charge in [0, 0.05) is 6.92 Å². The molecule has 0 saturated heterocycles. The van der Waals surface area contributed by atoms with Crippen LogP contribution in [0, 0.1) is 0 Å². The van der Waals surface area contributed by atoms with Gasteiger partial charge in [-0.3, -0.25) is 4.55 Å². The molecule has 0 atom stereocenters. The average Bonchev–Trinajstić information content (AvgIpc) is 2.13. The molecule has 94 valence electrons. The molecule has 1 rings (SSSR count). The maximum absolute atomic E-state index is 11.4. The van der Waals surface area contributed by atoms with E-state index in [1.54, 1.807) is 0 Å². The lowest BCUT2D eigenvalue weighted by Crippen LogP contribution is -2.31. The smallest absolute Gasteiger partial charge is 0.343 e. The molecule has 1 aromatic rings. The highest BCUT2D eigenvalue weighted by molar-refractivity contribution is 7.86. The van der Waals surface area contributed by atoms with Crippen molar-refractivity contribution in [1.82, 2.24) is 0 Å². The van der Waals surface area contributed by atoms with E-state index in [0.717, 1.165) is 19.1 Å². The van der Waals surface area contributed by atoms with Crippen LogP contribution in [0.5, 0.6) is 0 Å². The van der Waals surface area contributed by atoms with Gasteiger partial charge < -0.3 is 14.9 Å². The Balaban J connectivity index is 3.20. The highest BCUT2D eigenvalue weighted by Crippen LogP contribution is 2.17. The van der Waals surface area contributed by atoms with Crippen molar-refractivity contribution >= 4 is 16.1 Å². The van der Waals surface area contributed by atoms with Crippen molar-refractivity contribution in [1.29, 1.82) is 0 Å². The van der Waals surface area contributed by atoms with E-state index in [-0.39, 0.29) is 0 Å². The molecule has 0 bridgehead atoms. The second-order valence-corrected chi connectivity index (χ2v) is 4.68. The number of carbonyl (C=O) groups excluding carboxylic acids is 1. The van der Waals surface area contributed by atoms with Gasteiger partial charge in [0.05, 0.1) is 5.56 Å². The fourth-order valence-electron chi connectivity index (χ4n) is 1.09. The van der Waals surface area contributed by atoms with Gasteiger partial charge >= 0.3 is 11.9 Å². The molecule has 1 aromatic carbocycles. The molecule has 7 nitrogen and oxygen atoms in total. The quantitative estimate of drug-likeness (QED) is 0.390. The standard InChI is InChI=1S/C9H10O7S/c1-9(11,12)16-8(10)6-4-2-3-5-7(6)17(13,14)15/h2-5,11-12H,1H3,(H,13,14,15). The van der Waals surface area contributed by atoms with Gasteiger partial charge in [-0.1, -0.05) is 12.1 Å². The minimum Gasteiger partial charge on any atom is -0.405 e. The molecule has 3 N–H and O–H groups in total. The molecule has 8 heteroatoms. The van der Waals surface area contributed by atoms with Crippen LogP contribution in [0.1, 0.15) is 17.3 Å². The normalized spacial score (nSPS) is 12.2. The summed E-state index contributed by atoms with van der Waals surface area (Å²) in [5.41, 5.74) is -0.496. The van der Waals surface area contributed by atoms with Crippen molar-refractivity contribution in [2.45, 2.75) is 17.8 Å². The number of rotatable bonds is 3. The summed E-state index contributed by atoms with van der Waals surface area (Å²) in [6.45, 7) is 0.779. The van der Waals surface area contributed by atoms with Crippen LogP contribution >= 0.6 is 0 Å². The Morgan fingerprint density at radius 2 is 1.82 bits per heavy atom. The third-order valence-corrected chi connectivity index (χ3v) is 2.58. The highest BCUT2D eigenvalue weighted by atomic mass is 32.2. The molecule has 0 amide bonds. The van der Waals surface area contributed by atoms with Crippen LogP contribution in [-0.4, -0.2) is 35.1 Å². The van der Waals surface area contributed by atoms with Gasteiger partial charge in [0.2, 0.25) is 0 Å². The summed E-state index contributed by atoms with van der Waals surface area (Å²) in [6, 6.07) is 4.67. The van der Waals surface area contributed by atoms with Crippen molar-refractivity contribution in [3.8, 4) is 0 Å². The third-order valence-electron chi connectivity index (χ3n) is 1.67. The maximum Gasteiger partial charge on any atom is 0.343 e. The van der Waals surface area contributed by atoms with Crippen LogP contribution in [0.25, 0.3) is 0 Å². The second-order valence-electron chi connectivity index (χ2n) is 3.29. The molecule has 0 fully saturated rings. The summed E-state index contributed by atoms with van der Waals surface area (Å²) < 4.78 is 34.9.